The molecule has 5 heteroatoms. The highest BCUT2D eigenvalue weighted by atomic mass is 19.1. The van der Waals surface area contributed by atoms with E-state index in [0.29, 0.717) is 6.54 Å². The first-order chi connectivity index (χ1) is 10.5. The van der Waals surface area contributed by atoms with Gasteiger partial charge < -0.3 is 10.2 Å². The summed E-state index contributed by atoms with van der Waals surface area (Å²) < 4.78 is 26.5. The summed E-state index contributed by atoms with van der Waals surface area (Å²) in [6, 6.07) is 12.0. The lowest BCUT2D eigenvalue weighted by atomic mass is 10.1. The molecule has 0 heterocycles. The van der Waals surface area contributed by atoms with Gasteiger partial charge in [0.1, 0.15) is 11.6 Å². The first kappa shape index (κ1) is 16.1. The van der Waals surface area contributed by atoms with Gasteiger partial charge in [-0.3, -0.25) is 4.79 Å². The van der Waals surface area contributed by atoms with Crippen LogP contribution in [-0.4, -0.2) is 31.4 Å². The van der Waals surface area contributed by atoms with Gasteiger partial charge in [-0.15, -0.1) is 0 Å². The number of amides is 1. The van der Waals surface area contributed by atoms with Gasteiger partial charge in [0.15, 0.2) is 0 Å². The summed E-state index contributed by atoms with van der Waals surface area (Å²) in [6.07, 6.45) is 0. The molecule has 116 valence electrons. The molecular weight excluding hydrogens is 286 g/mol. The van der Waals surface area contributed by atoms with Crippen LogP contribution in [0.4, 0.5) is 8.78 Å². The van der Waals surface area contributed by atoms with Gasteiger partial charge >= 0.3 is 0 Å². The van der Waals surface area contributed by atoms with Gasteiger partial charge in [0.05, 0.1) is 6.04 Å². The van der Waals surface area contributed by atoms with E-state index in [1.165, 1.54) is 0 Å². The number of carbonyl (C=O) groups excluding carboxylic acids is 1. The number of carbonyl (C=O) groups is 1. The van der Waals surface area contributed by atoms with Crippen molar-refractivity contribution in [3.05, 3.63) is 71.3 Å². The quantitative estimate of drug-likeness (QED) is 0.921. The summed E-state index contributed by atoms with van der Waals surface area (Å²) >= 11 is 0. The Kier molecular flexibility index (Phi) is 5.22. The van der Waals surface area contributed by atoms with Crippen LogP contribution in [0.3, 0.4) is 0 Å². The number of hydrogen-bond donors (Lipinski definition) is 1. The van der Waals surface area contributed by atoms with Crippen LogP contribution in [0.5, 0.6) is 0 Å². The lowest BCUT2D eigenvalue weighted by molar-refractivity contribution is 0.0929. The van der Waals surface area contributed by atoms with Crippen LogP contribution < -0.4 is 5.32 Å². The minimum absolute atomic E-state index is 0.0304. The first-order valence-electron chi connectivity index (χ1n) is 6.92. The number of nitrogens with zero attached hydrogens (tertiary/aromatic N) is 1. The van der Waals surface area contributed by atoms with Gasteiger partial charge in [-0.2, -0.15) is 0 Å². The zero-order valence-electron chi connectivity index (χ0n) is 12.5. The van der Waals surface area contributed by atoms with E-state index >= 15 is 0 Å². The topological polar surface area (TPSA) is 32.3 Å². The van der Waals surface area contributed by atoms with Gasteiger partial charge in [0.2, 0.25) is 0 Å². The molecule has 1 atom stereocenters. The molecular formula is C17H18F2N2O. The van der Waals surface area contributed by atoms with Gasteiger partial charge in [0.25, 0.3) is 5.91 Å². The standard InChI is InChI=1S/C17H18F2N2O/c1-21(2)11-16(12-6-4-3-5-7-12)20-17(22)13-8-14(18)10-15(19)9-13/h3-10,16H,11H2,1-2H3,(H,20,22)/t16-/m0/s1. The fraction of sp³-hybridized carbons (Fsp3) is 0.235. The van der Waals surface area contributed by atoms with Crippen LogP contribution in [0.15, 0.2) is 48.5 Å². The van der Waals surface area contributed by atoms with Crippen molar-refractivity contribution in [3.63, 3.8) is 0 Å². The van der Waals surface area contributed by atoms with E-state index in [9.17, 15) is 13.6 Å². The van der Waals surface area contributed by atoms with E-state index in [-0.39, 0.29) is 11.6 Å². The largest absolute Gasteiger partial charge is 0.344 e. The summed E-state index contributed by atoms with van der Waals surface area (Å²) in [4.78, 5) is 14.2. The highest BCUT2D eigenvalue weighted by molar-refractivity contribution is 5.94. The maximum atomic E-state index is 13.2. The zero-order chi connectivity index (χ0) is 16.1. The number of nitrogens with one attached hydrogen (secondary N) is 1. The Balaban J connectivity index is 2.21. The van der Waals surface area contributed by atoms with Crippen molar-refractivity contribution >= 4 is 5.91 Å². The SMILES string of the molecule is CN(C)C[C@H](NC(=O)c1cc(F)cc(F)c1)c1ccccc1. The van der Waals surface area contributed by atoms with Crippen molar-refractivity contribution in [1.82, 2.24) is 10.2 Å². The second-order valence-corrected chi connectivity index (χ2v) is 5.36. The predicted molar refractivity (Wildman–Crippen MR) is 81.6 cm³/mol. The summed E-state index contributed by atoms with van der Waals surface area (Å²) in [5.41, 5.74) is 0.901. The molecule has 0 aliphatic carbocycles. The molecule has 0 aliphatic rings. The molecule has 22 heavy (non-hydrogen) atoms. The zero-order valence-corrected chi connectivity index (χ0v) is 12.5. The maximum Gasteiger partial charge on any atom is 0.252 e. The van der Waals surface area contributed by atoms with E-state index in [1.807, 2.05) is 49.3 Å². The average Bonchev–Trinajstić information content (AvgIpc) is 2.46. The molecule has 0 aromatic heterocycles. The second-order valence-electron chi connectivity index (χ2n) is 5.36. The molecule has 1 amide bonds. The van der Waals surface area contributed by atoms with Gasteiger partial charge in [0, 0.05) is 18.2 Å². The third-order valence-electron chi connectivity index (χ3n) is 3.18. The van der Waals surface area contributed by atoms with E-state index in [4.69, 9.17) is 0 Å². The van der Waals surface area contributed by atoms with Crippen molar-refractivity contribution in [2.24, 2.45) is 0 Å². The van der Waals surface area contributed by atoms with Crippen molar-refractivity contribution in [2.45, 2.75) is 6.04 Å². The number of halogens is 2. The highest BCUT2D eigenvalue weighted by Crippen LogP contribution is 2.15. The van der Waals surface area contributed by atoms with Gasteiger partial charge in [-0.25, -0.2) is 8.78 Å². The predicted octanol–water partition coefficient (Wildman–Crippen LogP) is 3.00. The molecule has 2 aromatic carbocycles. The third-order valence-corrected chi connectivity index (χ3v) is 3.18. The Hall–Kier alpha value is -2.27. The van der Waals surface area contributed by atoms with Crippen LogP contribution in [-0.2, 0) is 0 Å². The Labute approximate surface area is 128 Å². The molecule has 0 radical (unpaired) electrons. The minimum Gasteiger partial charge on any atom is -0.344 e. The molecule has 2 aromatic rings. The van der Waals surface area contributed by atoms with E-state index in [2.05, 4.69) is 5.32 Å². The monoisotopic (exact) mass is 304 g/mol. The van der Waals surface area contributed by atoms with Crippen LogP contribution in [0.25, 0.3) is 0 Å². The Morgan fingerprint density at radius 1 is 1.09 bits per heavy atom. The smallest absolute Gasteiger partial charge is 0.252 e. The number of benzene rings is 2. The molecule has 0 fully saturated rings. The lowest BCUT2D eigenvalue weighted by Gasteiger charge is -2.23. The Bertz CT molecular complexity index is 624. The van der Waals surface area contributed by atoms with Crippen molar-refractivity contribution in [3.8, 4) is 0 Å². The van der Waals surface area contributed by atoms with E-state index in [1.54, 1.807) is 0 Å². The van der Waals surface area contributed by atoms with Crippen molar-refractivity contribution < 1.29 is 13.6 Å². The molecule has 1 N–H and O–H groups in total. The molecule has 3 nitrogen and oxygen atoms in total. The molecule has 0 saturated carbocycles. The second kappa shape index (κ2) is 7.13. The summed E-state index contributed by atoms with van der Waals surface area (Å²) in [6.45, 7) is 0.577. The molecule has 2 rings (SSSR count). The summed E-state index contributed by atoms with van der Waals surface area (Å²) in [5.74, 6) is -2.04. The summed E-state index contributed by atoms with van der Waals surface area (Å²) in [5, 5.41) is 2.82. The molecule has 0 bridgehead atoms. The number of rotatable bonds is 5. The van der Waals surface area contributed by atoms with Crippen LogP contribution in [0.1, 0.15) is 22.0 Å². The molecule has 0 aliphatic heterocycles. The maximum absolute atomic E-state index is 13.2. The highest BCUT2D eigenvalue weighted by Gasteiger charge is 2.17. The van der Waals surface area contributed by atoms with E-state index < -0.39 is 17.5 Å². The molecule has 0 spiro atoms. The summed E-state index contributed by atoms with van der Waals surface area (Å²) in [7, 11) is 3.79. The third kappa shape index (κ3) is 4.36. The van der Waals surface area contributed by atoms with Crippen molar-refractivity contribution in [1.29, 1.82) is 0 Å². The van der Waals surface area contributed by atoms with Gasteiger partial charge in [-0.1, -0.05) is 30.3 Å². The van der Waals surface area contributed by atoms with Crippen LogP contribution in [0, 0.1) is 11.6 Å². The van der Waals surface area contributed by atoms with Gasteiger partial charge in [-0.05, 0) is 31.8 Å². The molecule has 0 unspecified atom stereocenters. The number of likely N-dealkylation sites (N-methyl/N-ethyl adjacent to an activating group) is 1. The Morgan fingerprint density at radius 3 is 2.23 bits per heavy atom. The normalized spacial score (nSPS) is 12.2. The molecule has 0 saturated heterocycles. The average molecular weight is 304 g/mol. The van der Waals surface area contributed by atoms with E-state index in [0.717, 1.165) is 23.8 Å². The first-order valence-corrected chi connectivity index (χ1v) is 6.92. The fourth-order valence-electron chi connectivity index (χ4n) is 2.21. The fourth-order valence-corrected chi connectivity index (χ4v) is 2.21. The Morgan fingerprint density at radius 2 is 1.68 bits per heavy atom. The number of hydrogen-bond acceptors (Lipinski definition) is 2. The van der Waals surface area contributed by atoms with Crippen molar-refractivity contribution in [2.75, 3.05) is 20.6 Å². The minimum atomic E-state index is -0.769. The van der Waals surface area contributed by atoms with Crippen LogP contribution in [0.2, 0.25) is 0 Å². The lowest BCUT2D eigenvalue weighted by Crippen LogP contribution is -2.35. The van der Waals surface area contributed by atoms with Crippen LogP contribution >= 0.6 is 0 Å².